The van der Waals surface area contributed by atoms with Crippen molar-refractivity contribution in [3.05, 3.63) is 251 Å². The summed E-state index contributed by atoms with van der Waals surface area (Å²) < 4.78 is 43.9. The Labute approximate surface area is 491 Å². The van der Waals surface area contributed by atoms with E-state index in [9.17, 15) is 0 Å². The summed E-state index contributed by atoms with van der Waals surface area (Å²) in [5, 5.41) is 6.74. The Hall–Kier alpha value is -9.09. The van der Waals surface area contributed by atoms with Crippen LogP contribution in [0.5, 0.6) is 11.5 Å². The van der Waals surface area contributed by atoms with Crippen LogP contribution < -0.4 is 4.74 Å². The molecular weight excluding hydrogens is 1180 g/mol. The molecule has 0 radical (unpaired) electrons. The van der Waals surface area contributed by atoms with E-state index in [-0.39, 0.29) is 16.4 Å². The molecule has 0 aliphatic carbocycles. The number of pyridine rings is 1. The molecule has 0 atom stereocenters. The van der Waals surface area contributed by atoms with Gasteiger partial charge in [0.1, 0.15) is 0 Å². The van der Waals surface area contributed by atoms with Crippen LogP contribution in [-0.4, -0.2) is 23.1 Å². The summed E-state index contributed by atoms with van der Waals surface area (Å²) in [4.78, 5) is 5.13. The second-order valence-electron chi connectivity index (χ2n) is 23.8. The maximum atomic E-state index is 8.86. The molecule has 0 spiro atoms. The second kappa shape index (κ2) is 18.7. The van der Waals surface area contributed by atoms with Crippen molar-refractivity contribution in [1.29, 1.82) is 0 Å². The summed E-state index contributed by atoms with van der Waals surface area (Å²) >= 11 is 2.52. The van der Waals surface area contributed by atoms with Crippen molar-refractivity contribution in [2.24, 2.45) is 0 Å². The molecule has 0 fully saturated rings. The number of fused-ring (bicyclic) bond motifs is 10. The van der Waals surface area contributed by atoms with Crippen LogP contribution in [0.15, 0.2) is 231 Å². The van der Waals surface area contributed by atoms with Crippen molar-refractivity contribution in [3.63, 3.8) is 0 Å². The molecule has 82 heavy (non-hydrogen) atoms. The minimum Gasteiger partial charge on any atom is -0.0622 e. The molecule has 400 valence electrons. The predicted octanol–water partition coefficient (Wildman–Crippen LogP) is 19.8. The second-order valence-corrected chi connectivity index (χ2v) is 24.8. The molecule has 0 N–H and O–H groups in total. The average molecular weight is 1240 g/mol. The minimum atomic E-state index is -2.43. The zero-order valence-electron chi connectivity index (χ0n) is 49.4. The first-order valence-corrected chi connectivity index (χ1v) is 29.1. The number of imidazole rings is 1. The molecule has 6 nitrogen and oxygen atoms in total. The van der Waals surface area contributed by atoms with E-state index >= 15 is 0 Å². The molecule has 7 heteroatoms. The fraction of sp³-hybridized carbons (Fsp3) is 0.120. The molecular formula is C75H59N5OPt. The van der Waals surface area contributed by atoms with Crippen LogP contribution in [0.25, 0.3) is 122 Å². The van der Waals surface area contributed by atoms with Crippen LogP contribution >= 0.6 is 0 Å². The molecule has 0 bridgehead atoms. The quantitative estimate of drug-likeness (QED) is 0.152. The van der Waals surface area contributed by atoms with Gasteiger partial charge in [-0.25, -0.2) is 0 Å². The Morgan fingerprint density at radius 3 is 1.68 bits per heavy atom. The normalized spacial score (nSPS) is 13.1. The van der Waals surface area contributed by atoms with E-state index in [1.165, 1.54) is 38.4 Å². The molecule has 5 heterocycles. The van der Waals surface area contributed by atoms with E-state index in [1.54, 1.807) is 12.3 Å². The Kier molecular flexibility index (Phi) is 10.7. The van der Waals surface area contributed by atoms with Crippen molar-refractivity contribution in [2.75, 3.05) is 0 Å². The Morgan fingerprint density at radius 2 is 0.976 bits per heavy atom. The van der Waals surface area contributed by atoms with Gasteiger partial charge >= 0.3 is 346 Å². The first kappa shape index (κ1) is 46.6. The van der Waals surface area contributed by atoms with Crippen LogP contribution in [0, 0.1) is 10.7 Å². The van der Waals surface area contributed by atoms with E-state index in [2.05, 4.69) is 255 Å². The molecule has 10 aromatic carbocycles. The molecule has 0 aliphatic rings. The van der Waals surface area contributed by atoms with Gasteiger partial charge in [-0.15, -0.1) is 0 Å². The average Bonchev–Trinajstić information content (AvgIpc) is 1.57. The zero-order valence-corrected chi connectivity index (χ0v) is 48.7. The third kappa shape index (κ3) is 7.94. The maximum absolute atomic E-state index is 8.86. The molecule has 0 aliphatic heterocycles. The topological polar surface area (TPSA) is 41.3 Å². The SMILES string of the molecule is [2H]C([2H])([2H])c1cc(-n2c3cc(Oc4cccc(-n5[c](=[Pt])n(-c6c(-c7ccccc7)cccc6-c6cc(C(C)(C)C)cc(C(C)(C)C)c6)c6ccccc65)c4)ccc3c3cc4c5cccc6c7ccccc7n(c4cc32)c65)ncc1-c1ccccc1. The molecule has 15 rings (SSSR count). The van der Waals surface area contributed by atoms with Crippen molar-refractivity contribution in [3.8, 4) is 62.1 Å². The van der Waals surface area contributed by atoms with Gasteiger partial charge in [0.2, 0.25) is 0 Å². The van der Waals surface area contributed by atoms with Crippen LogP contribution in [0.2, 0.25) is 0 Å². The summed E-state index contributed by atoms with van der Waals surface area (Å²) in [7, 11) is 0. The summed E-state index contributed by atoms with van der Waals surface area (Å²) in [6.45, 7) is 11.4. The fourth-order valence-electron chi connectivity index (χ4n) is 12.6. The van der Waals surface area contributed by atoms with Crippen molar-refractivity contribution < 1.29 is 28.2 Å². The van der Waals surface area contributed by atoms with Gasteiger partial charge in [-0.05, 0) is 24.0 Å². The Balaban J connectivity index is 0.905. The number of hydrogen-bond donors (Lipinski definition) is 0. The predicted molar refractivity (Wildman–Crippen MR) is 338 cm³/mol. The Morgan fingerprint density at radius 1 is 0.415 bits per heavy atom. The van der Waals surface area contributed by atoms with Gasteiger partial charge in [-0.3, -0.25) is 0 Å². The summed E-state index contributed by atoms with van der Waals surface area (Å²) in [5.74, 6) is 1.78. The minimum absolute atomic E-state index is 0.0694. The summed E-state index contributed by atoms with van der Waals surface area (Å²) in [6, 6.07) is 79.0. The fourth-order valence-corrected chi connectivity index (χ4v) is 13.6. The van der Waals surface area contributed by atoms with Crippen LogP contribution in [0.4, 0.5) is 0 Å². The van der Waals surface area contributed by atoms with Gasteiger partial charge in [0.25, 0.3) is 0 Å². The van der Waals surface area contributed by atoms with Gasteiger partial charge in [0.15, 0.2) is 0 Å². The number of hydrogen-bond acceptors (Lipinski definition) is 2. The summed E-state index contributed by atoms with van der Waals surface area (Å²) in [6.07, 6.45) is 1.71. The molecule has 5 aromatic heterocycles. The number of para-hydroxylation sites is 5. The third-order valence-electron chi connectivity index (χ3n) is 16.6. The standard InChI is InChI=1S/C75H59N5O.Pt/c1-47-37-71(76-45-64(47)49-23-12-9-13-24-49)79-68-42-55(35-36-59(68)62-43-63-61-31-20-30-60-58-27-14-15-32-65(58)80(73(60)61)70(63)44-69(62)79)81-54-26-18-25-53(41-54)77-46-78(67-34-17-16-33-66(67)77)72-56(48-21-10-8-11-22-48)28-19-29-57(72)50-38-51(74(2,3)4)40-52(39-50)75(5,6)7;/h8-45H,1-7H3;/i1D3;. The van der Waals surface area contributed by atoms with E-state index < -0.39 is 6.85 Å². The van der Waals surface area contributed by atoms with Crippen molar-refractivity contribution in [1.82, 2.24) is 23.1 Å². The number of ether oxygens (including phenoxy) is 1. The third-order valence-corrected chi connectivity index (χ3v) is 17.6. The number of aromatic nitrogens is 5. The van der Waals surface area contributed by atoms with Gasteiger partial charge in [-0.2, -0.15) is 0 Å². The number of rotatable bonds is 8. The zero-order chi connectivity index (χ0) is 58.3. The molecule has 0 unspecified atom stereocenters. The van der Waals surface area contributed by atoms with Gasteiger partial charge in [0, 0.05) is 37.4 Å². The number of benzene rings is 10. The van der Waals surface area contributed by atoms with Gasteiger partial charge in [0.05, 0.1) is 16.6 Å². The van der Waals surface area contributed by atoms with Crippen molar-refractivity contribution in [2.45, 2.75) is 59.2 Å². The Bertz CT molecular complexity index is 5220. The van der Waals surface area contributed by atoms with Crippen LogP contribution in [-0.2, 0) is 30.2 Å². The van der Waals surface area contributed by atoms with Crippen LogP contribution in [0.1, 0.15) is 62.3 Å². The molecule has 0 amide bonds. The summed E-state index contributed by atoms with van der Waals surface area (Å²) in [5.41, 5.74) is 17.9. The van der Waals surface area contributed by atoms with Gasteiger partial charge in [-0.1, -0.05) is 66.7 Å². The van der Waals surface area contributed by atoms with E-state index in [4.69, 9.17) is 13.8 Å². The molecule has 0 saturated heterocycles. The monoisotopic (exact) mass is 1240 g/mol. The van der Waals surface area contributed by atoms with Crippen molar-refractivity contribution >= 4 is 70.9 Å². The van der Waals surface area contributed by atoms with E-state index in [1.807, 2.05) is 42.5 Å². The first-order valence-electron chi connectivity index (χ1n) is 29.5. The molecule has 0 saturated carbocycles. The number of aryl methyl sites for hydroxylation is 1. The van der Waals surface area contributed by atoms with Gasteiger partial charge < -0.3 is 4.40 Å². The first-order chi connectivity index (χ1) is 41.0. The van der Waals surface area contributed by atoms with E-state index in [0.717, 1.165) is 86.7 Å². The molecule has 15 aromatic rings. The van der Waals surface area contributed by atoms with E-state index in [0.29, 0.717) is 22.9 Å². The number of nitrogens with zero attached hydrogens (tertiary/aromatic N) is 5. The smallest absolute Gasteiger partial charge is 0.0622 e. The van der Waals surface area contributed by atoms with Crippen LogP contribution in [0.3, 0.4) is 0 Å².